The largest absolute Gasteiger partial charge is 0.360 e. The molecule has 134 valence electrons. The highest BCUT2D eigenvalue weighted by Gasteiger charge is 2.26. The second kappa shape index (κ2) is 9.00. The van der Waals surface area contributed by atoms with Crippen LogP contribution in [0.2, 0.25) is 0 Å². The van der Waals surface area contributed by atoms with E-state index in [2.05, 4.69) is 38.4 Å². The maximum atomic E-state index is 12.4. The molecule has 25 heavy (non-hydrogen) atoms. The first-order valence-corrected chi connectivity index (χ1v) is 10.3. The molecule has 0 atom stereocenters. The van der Waals surface area contributed by atoms with E-state index in [9.17, 15) is 4.79 Å². The summed E-state index contributed by atoms with van der Waals surface area (Å²) >= 11 is 2.97. The molecule has 1 aliphatic heterocycles. The molecular formula is C16H23N6OS2+. The van der Waals surface area contributed by atoms with Gasteiger partial charge in [-0.05, 0) is 12.5 Å². The fraction of sp³-hybridized carbons (Fsp3) is 0.500. The summed E-state index contributed by atoms with van der Waals surface area (Å²) in [4.78, 5) is 19.9. The molecule has 0 aliphatic carbocycles. The van der Waals surface area contributed by atoms with E-state index in [1.165, 1.54) is 23.1 Å². The molecule has 1 fully saturated rings. The number of nitrogens with zero attached hydrogens (tertiary/aromatic N) is 4. The van der Waals surface area contributed by atoms with Crippen molar-refractivity contribution in [2.45, 2.75) is 17.7 Å². The molecule has 3 heterocycles. The topological polar surface area (TPSA) is 75.5 Å². The standard InChI is InChI=1S/C16H22N6OS2/c1-2-6-18-15-19-20-16(25-15)24-12-14(23)22-10-8-21(9-11-22)13-5-3-4-7-17-13/h3-5,7H,2,6,8-12H2,1H3,(H,18,19)/p+1. The van der Waals surface area contributed by atoms with Gasteiger partial charge in [-0.15, -0.1) is 10.2 Å². The number of piperazine rings is 1. The third kappa shape index (κ3) is 5.05. The van der Waals surface area contributed by atoms with Gasteiger partial charge in [0.05, 0.1) is 25.0 Å². The second-order valence-corrected chi connectivity index (χ2v) is 7.90. The minimum atomic E-state index is 0.167. The Kier molecular flexibility index (Phi) is 6.46. The van der Waals surface area contributed by atoms with Crippen LogP contribution in [0.3, 0.4) is 0 Å². The molecule has 1 aliphatic rings. The Hall–Kier alpha value is -1.87. The maximum absolute atomic E-state index is 12.4. The van der Waals surface area contributed by atoms with E-state index in [1.54, 1.807) is 0 Å². The van der Waals surface area contributed by atoms with Crippen molar-refractivity contribution < 1.29 is 9.78 Å². The van der Waals surface area contributed by atoms with Gasteiger partial charge < -0.3 is 10.2 Å². The van der Waals surface area contributed by atoms with Gasteiger partial charge in [0.25, 0.3) is 5.82 Å². The second-order valence-electron chi connectivity index (χ2n) is 5.70. The van der Waals surface area contributed by atoms with Crippen LogP contribution in [0.15, 0.2) is 28.7 Å². The van der Waals surface area contributed by atoms with Crippen molar-refractivity contribution in [2.75, 3.05) is 48.7 Å². The Morgan fingerprint density at radius 3 is 2.88 bits per heavy atom. The average molecular weight is 380 g/mol. The van der Waals surface area contributed by atoms with Gasteiger partial charge in [-0.2, -0.15) is 0 Å². The van der Waals surface area contributed by atoms with Crippen LogP contribution in [0.5, 0.6) is 0 Å². The van der Waals surface area contributed by atoms with Gasteiger partial charge in [0.1, 0.15) is 13.1 Å². The summed E-state index contributed by atoms with van der Waals surface area (Å²) in [5, 5.41) is 12.3. The van der Waals surface area contributed by atoms with Crippen LogP contribution in [-0.2, 0) is 4.79 Å². The SMILES string of the molecule is CCCNc1nnc(SCC(=O)N2CCN(c3cccc[nH+]3)CC2)s1. The molecule has 0 saturated carbocycles. The van der Waals surface area contributed by atoms with Crippen LogP contribution < -0.4 is 15.2 Å². The van der Waals surface area contributed by atoms with Crippen molar-refractivity contribution in [3.8, 4) is 0 Å². The summed E-state index contributed by atoms with van der Waals surface area (Å²) in [6.07, 6.45) is 2.97. The quantitative estimate of drug-likeness (QED) is 0.737. The molecule has 2 aromatic rings. The highest BCUT2D eigenvalue weighted by atomic mass is 32.2. The third-order valence-corrected chi connectivity index (χ3v) is 5.92. The number of H-pyrrole nitrogens is 1. The minimum absolute atomic E-state index is 0.167. The molecule has 0 radical (unpaired) electrons. The van der Waals surface area contributed by atoms with Crippen LogP contribution in [-0.4, -0.2) is 59.5 Å². The fourth-order valence-electron chi connectivity index (χ4n) is 2.56. The van der Waals surface area contributed by atoms with E-state index in [1.807, 2.05) is 23.2 Å². The Labute approximate surface area is 155 Å². The van der Waals surface area contributed by atoms with Crippen molar-refractivity contribution >= 4 is 40.0 Å². The van der Waals surface area contributed by atoms with Gasteiger partial charge in [-0.3, -0.25) is 9.69 Å². The van der Waals surface area contributed by atoms with Crippen molar-refractivity contribution in [1.82, 2.24) is 15.1 Å². The third-order valence-electron chi connectivity index (χ3n) is 3.92. The van der Waals surface area contributed by atoms with Crippen LogP contribution >= 0.6 is 23.1 Å². The normalized spacial score (nSPS) is 14.6. The first-order chi connectivity index (χ1) is 12.3. The number of anilines is 2. The number of carbonyl (C=O) groups is 1. The monoisotopic (exact) mass is 379 g/mol. The van der Waals surface area contributed by atoms with Crippen molar-refractivity contribution in [2.24, 2.45) is 0 Å². The van der Waals surface area contributed by atoms with Crippen LogP contribution in [0.4, 0.5) is 10.9 Å². The van der Waals surface area contributed by atoms with Gasteiger partial charge in [0.2, 0.25) is 11.0 Å². The summed E-state index contributed by atoms with van der Waals surface area (Å²) in [7, 11) is 0. The number of hydrogen-bond donors (Lipinski definition) is 1. The Morgan fingerprint density at radius 1 is 1.32 bits per heavy atom. The number of nitrogens with one attached hydrogen (secondary N) is 2. The highest BCUT2D eigenvalue weighted by Crippen LogP contribution is 2.25. The number of aromatic nitrogens is 3. The lowest BCUT2D eigenvalue weighted by atomic mass is 10.3. The van der Waals surface area contributed by atoms with E-state index in [0.717, 1.165) is 54.4 Å². The molecular weight excluding hydrogens is 356 g/mol. The number of carbonyl (C=O) groups excluding carboxylic acids is 1. The molecule has 0 spiro atoms. The zero-order valence-corrected chi connectivity index (χ0v) is 15.9. The molecule has 0 bridgehead atoms. The van der Waals surface area contributed by atoms with Gasteiger partial charge in [0, 0.05) is 12.6 Å². The molecule has 1 saturated heterocycles. The van der Waals surface area contributed by atoms with Crippen molar-refractivity contribution in [1.29, 1.82) is 0 Å². The molecule has 0 unspecified atom stereocenters. The average Bonchev–Trinajstić information content (AvgIpc) is 3.13. The minimum Gasteiger partial charge on any atom is -0.360 e. The number of hydrogen-bond acceptors (Lipinski definition) is 7. The van der Waals surface area contributed by atoms with Gasteiger partial charge in [-0.1, -0.05) is 36.1 Å². The highest BCUT2D eigenvalue weighted by molar-refractivity contribution is 8.01. The van der Waals surface area contributed by atoms with Gasteiger partial charge in [-0.25, -0.2) is 4.98 Å². The lowest BCUT2D eigenvalue weighted by Gasteiger charge is -2.30. The Balaban J connectivity index is 1.43. The van der Waals surface area contributed by atoms with E-state index in [-0.39, 0.29) is 5.91 Å². The van der Waals surface area contributed by atoms with Gasteiger partial charge in [0.15, 0.2) is 4.34 Å². The van der Waals surface area contributed by atoms with Crippen LogP contribution in [0, 0.1) is 0 Å². The lowest BCUT2D eigenvalue weighted by Crippen LogP contribution is -2.50. The van der Waals surface area contributed by atoms with Crippen LogP contribution in [0.1, 0.15) is 13.3 Å². The van der Waals surface area contributed by atoms with E-state index < -0.39 is 0 Å². The first kappa shape index (κ1) is 17.9. The zero-order chi connectivity index (χ0) is 17.5. The molecule has 0 aromatic carbocycles. The predicted octanol–water partition coefficient (Wildman–Crippen LogP) is 1.61. The maximum Gasteiger partial charge on any atom is 0.274 e. The summed E-state index contributed by atoms with van der Waals surface area (Å²) in [6, 6.07) is 6.05. The first-order valence-electron chi connectivity index (χ1n) is 8.46. The molecule has 2 aromatic heterocycles. The Morgan fingerprint density at radius 2 is 2.16 bits per heavy atom. The zero-order valence-electron chi connectivity index (χ0n) is 14.3. The summed E-state index contributed by atoms with van der Waals surface area (Å²) in [5.41, 5.74) is 0. The summed E-state index contributed by atoms with van der Waals surface area (Å²) < 4.78 is 0.837. The van der Waals surface area contributed by atoms with Crippen molar-refractivity contribution in [3.63, 3.8) is 0 Å². The molecule has 9 heteroatoms. The van der Waals surface area contributed by atoms with E-state index in [0.29, 0.717) is 5.75 Å². The molecule has 2 N–H and O–H groups in total. The summed E-state index contributed by atoms with van der Waals surface area (Å²) in [6.45, 7) is 6.20. The van der Waals surface area contributed by atoms with E-state index in [4.69, 9.17) is 0 Å². The van der Waals surface area contributed by atoms with Crippen molar-refractivity contribution in [3.05, 3.63) is 24.4 Å². The predicted molar refractivity (Wildman–Crippen MR) is 101 cm³/mol. The number of aromatic amines is 1. The fourth-order valence-corrected chi connectivity index (χ4v) is 4.24. The lowest BCUT2D eigenvalue weighted by molar-refractivity contribution is -0.364. The number of rotatable bonds is 7. The number of thioether (sulfide) groups is 1. The van der Waals surface area contributed by atoms with Crippen LogP contribution in [0.25, 0.3) is 0 Å². The Bertz CT molecular complexity index is 672. The number of pyridine rings is 1. The summed E-state index contributed by atoms with van der Waals surface area (Å²) in [5.74, 6) is 1.68. The van der Waals surface area contributed by atoms with E-state index >= 15 is 0 Å². The molecule has 7 nitrogen and oxygen atoms in total. The smallest absolute Gasteiger partial charge is 0.274 e. The van der Waals surface area contributed by atoms with Gasteiger partial charge >= 0.3 is 0 Å². The number of amides is 1. The molecule has 3 rings (SSSR count). The molecule has 1 amide bonds.